The van der Waals surface area contributed by atoms with Gasteiger partial charge >= 0.3 is 0 Å². The minimum Gasteiger partial charge on any atom is -0.269 e. The Morgan fingerprint density at radius 2 is 2.14 bits per heavy atom. The number of rotatable bonds is 2. The van der Waals surface area contributed by atoms with Crippen molar-refractivity contribution in [2.75, 3.05) is 0 Å². The van der Waals surface area contributed by atoms with Gasteiger partial charge in [-0.05, 0) is 19.4 Å². The molecule has 0 aliphatic carbocycles. The van der Waals surface area contributed by atoms with Crippen molar-refractivity contribution in [3.63, 3.8) is 0 Å². The summed E-state index contributed by atoms with van der Waals surface area (Å²) >= 11 is 1.34. The van der Waals surface area contributed by atoms with Gasteiger partial charge in [0.1, 0.15) is 11.6 Å². The zero-order valence-electron chi connectivity index (χ0n) is 11.9. The van der Waals surface area contributed by atoms with E-state index in [9.17, 15) is 9.59 Å². The number of thiazole rings is 1. The van der Waals surface area contributed by atoms with E-state index >= 15 is 0 Å². The highest BCUT2D eigenvalue weighted by molar-refractivity contribution is 7.15. The van der Waals surface area contributed by atoms with E-state index in [4.69, 9.17) is 5.26 Å². The maximum atomic E-state index is 12.2. The Labute approximate surface area is 128 Å². The van der Waals surface area contributed by atoms with E-state index in [0.29, 0.717) is 21.9 Å². The first-order valence-electron chi connectivity index (χ1n) is 6.45. The lowest BCUT2D eigenvalue weighted by Gasteiger charge is -2.08. The summed E-state index contributed by atoms with van der Waals surface area (Å²) < 4.78 is 2.61. The Morgan fingerprint density at radius 1 is 1.36 bits per heavy atom. The fraction of sp³-hybridized carbons (Fsp3) is 0.214. The van der Waals surface area contributed by atoms with Crippen LogP contribution >= 0.6 is 11.3 Å². The second-order valence-corrected chi connectivity index (χ2v) is 5.67. The second kappa shape index (κ2) is 5.20. The molecule has 0 saturated heterocycles. The first kappa shape index (κ1) is 14.2. The van der Waals surface area contributed by atoms with E-state index in [1.165, 1.54) is 26.5 Å². The first-order chi connectivity index (χ1) is 10.5. The quantitative estimate of drug-likeness (QED) is 0.699. The van der Waals surface area contributed by atoms with Crippen LogP contribution < -0.4 is 11.1 Å². The maximum absolute atomic E-state index is 12.2. The molecule has 110 valence electrons. The fourth-order valence-corrected chi connectivity index (χ4v) is 2.87. The van der Waals surface area contributed by atoms with Gasteiger partial charge in [0.2, 0.25) is 0 Å². The number of aromatic nitrogens is 4. The molecule has 0 bridgehead atoms. The second-order valence-electron chi connectivity index (χ2n) is 4.80. The van der Waals surface area contributed by atoms with Gasteiger partial charge in [-0.3, -0.25) is 14.0 Å². The Kier molecular flexibility index (Phi) is 3.35. The standard InChI is InChI=1S/C14H11N5O2S/c1-8-9(2)17-19(13(21)11(8)6-15)7-10-5-12(20)18-3-4-22-14(18)16-10/h3-5H,7H2,1-2H3. The number of nitrogens with zero attached hydrogens (tertiary/aromatic N) is 5. The van der Waals surface area contributed by atoms with E-state index in [0.717, 1.165) is 0 Å². The molecule has 0 aromatic carbocycles. The van der Waals surface area contributed by atoms with E-state index in [1.807, 2.05) is 6.07 Å². The lowest BCUT2D eigenvalue weighted by Crippen LogP contribution is -2.29. The monoisotopic (exact) mass is 313 g/mol. The summed E-state index contributed by atoms with van der Waals surface area (Å²) in [5.41, 5.74) is 1.00. The lowest BCUT2D eigenvalue weighted by molar-refractivity contribution is 0.612. The van der Waals surface area contributed by atoms with Gasteiger partial charge in [0.25, 0.3) is 11.1 Å². The van der Waals surface area contributed by atoms with Crippen molar-refractivity contribution >= 4 is 16.3 Å². The Bertz CT molecular complexity index is 1040. The highest BCUT2D eigenvalue weighted by Gasteiger charge is 2.13. The van der Waals surface area contributed by atoms with Gasteiger partial charge in [-0.2, -0.15) is 10.4 Å². The SMILES string of the molecule is Cc1nn(Cc2cc(=O)n3ccsc3n2)c(=O)c(C#N)c1C. The van der Waals surface area contributed by atoms with Gasteiger partial charge in [-0.1, -0.05) is 0 Å². The molecule has 0 aliphatic rings. The van der Waals surface area contributed by atoms with Crippen LogP contribution in [0.2, 0.25) is 0 Å². The molecule has 0 N–H and O–H groups in total. The smallest absolute Gasteiger partial charge is 0.269 e. The zero-order valence-corrected chi connectivity index (χ0v) is 12.7. The van der Waals surface area contributed by atoms with Crippen LogP contribution in [0.15, 0.2) is 27.2 Å². The van der Waals surface area contributed by atoms with Crippen LogP contribution in [0.25, 0.3) is 4.96 Å². The minimum absolute atomic E-state index is 0.0538. The predicted octanol–water partition coefficient (Wildman–Crippen LogP) is 0.850. The van der Waals surface area contributed by atoms with Gasteiger partial charge in [-0.25, -0.2) is 9.67 Å². The van der Waals surface area contributed by atoms with E-state index in [-0.39, 0.29) is 17.7 Å². The van der Waals surface area contributed by atoms with Crippen molar-refractivity contribution in [2.45, 2.75) is 20.4 Å². The van der Waals surface area contributed by atoms with Crippen LogP contribution in [0, 0.1) is 25.2 Å². The zero-order chi connectivity index (χ0) is 15.9. The first-order valence-corrected chi connectivity index (χ1v) is 7.33. The van der Waals surface area contributed by atoms with Gasteiger partial charge in [-0.15, -0.1) is 11.3 Å². The van der Waals surface area contributed by atoms with Crippen LogP contribution in [0.1, 0.15) is 22.5 Å². The molecule has 0 spiro atoms. The summed E-state index contributed by atoms with van der Waals surface area (Å²) in [5.74, 6) is 0. The van der Waals surface area contributed by atoms with Crippen molar-refractivity contribution in [1.29, 1.82) is 5.26 Å². The van der Waals surface area contributed by atoms with Crippen molar-refractivity contribution in [1.82, 2.24) is 19.2 Å². The van der Waals surface area contributed by atoms with Gasteiger partial charge in [0.05, 0.1) is 17.9 Å². The van der Waals surface area contributed by atoms with Gasteiger partial charge < -0.3 is 0 Å². The molecule has 0 atom stereocenters. The molecule has 3 rings (SSSR count). The fourth-order valence-electron chi connectivity index (χ4n) is 2.13. The average molecular weight is 313 g/mol. The van der Waals surface area contributed by atoms with E-state index in [1.54, 1.807) is 25.4 Å². The average Bonchev–Trinajstić information content (AvgIpc) is 2.94. The lowest BCUT2D eigenvalue weighted by atomic mass is 10.1. The normalized spacial score (nSPS) is 10.8. The molecule has 0 aliphatic heterocycles. The predicted molar refractivity (Wildman–Crippen MR) is 81.1 cm³/mol. The van der Waals surface area contributed by atoms with Gasteiger partial charge in [0, 0.05) is 17.6 Å². The molecular formula is C14H11N5O2S. The summed E-state index contributed by atoms with van der Waals surface area (Å²) in [6.07, 6.45) is 1.65. The third-order valence-corrected chi connectivity index (χ3v) is 4.17. The van der Waals surface area contributed by atoms with Gasteiger partial charge in [0.15, 0.2) is 4.96 Å². The van der Waals surface area contributed by atoms with Crippen molar-refractivity contribution in [3.05, 3.63) is 60.9 Å². The molecule has 0 saturated carbocycles. The molecule has 3 heterocycles. The van der Waals surface area contributed by atoms with Crippen LogP contribution in [-0.4, -0.2) is 19.2 Å². The number of fused-ring (bicyclic) bond motifs is 1. The molecule has 0 fully saturated rings. The molecule has 0 unspecified atom stereocenters. The molecule has 22 heavy (non-hydrogen) atoms. The molecular weight excluding hydrogens is 302 g/mol. The summed E-state index contributed by atoms with van der Waals surface area (Å²) in [7, 11) is 0. The highest BCUT2D eigenvalue weighted by atomic mass is 32.1. The number of nitriles is 1. The summed E-state index contributed by atoms with van der Waals surface area (Å²) in [6, 6.07) is 3.28. The van der Waals surface area contributed by atoms with Crippen LogP contribution in [0.4, 0.5) is 0 Å². The van der Waals surface area contributed by atoms with Crippen molar-refractivity contribution < 1.29 is 0 Å². The van der Waals surface area contributed by atoms with Crippen molar-refractivity contribution in [3.8, 4) is 6.07 Å². The maximum Gasteiger partial charge on any atom is 0.285 e. The molecule has 0 radical (unpaired) electrons. The third kappa shape index (κ3) is 2.21. The van der Waals surface area contributed by atoms with E-state index < -0.39 is 5.56 Å². The van der Waals surface area contributed by atoms with Crippen molar-refractivity contribution in [2.24, 2.45) is 0 Å². The molecule has 3 aromatic rings. The Balaban J connectivity index is 2.13. The summed E-state index contributed by atoms with van der Waals surface area (Å²) in [4.78, 5) is 29.1. The highest BCUT2D eigenvalue weighted by Crippen LogP contribution is 2.08. The molecule has 7 nitrogen and oxygen atoms in total. The summed E-state index contributed by atoms with van der Waals surface area (Å²) in [6.45, 7) is 3.48. The number of hydrogen-bond donors (Lipinski definition) is 0. The summed E-state index contributed by atoms with van der Waals surface area (Å²) in [5, 5.41) is 15.1. The molecule has 0 amide bonds. The topological polar surface area (TPSA) is 93.0 Å². The minimum atomic E-state index is -0.473. The Hall–Kier alpha value is -2.79. The largest absolute Gasteiger partial charge is 0.285 e. The molecule has 8 heteroatoms. The van der Waals surface area contributed by atoms with Crippen LogP contribution in [0.5, 0.6) is 0 Å². The van der Waals surface area contributed by atoms with E-state index in [2.05, 4.69) is 10.1 Å². The molecule has 3 aromatic heterocycles. The number of aryl methyl sites for hydroxylation is 1. The third-order valence-electron chi connectivity index (χ3n) is 3.42. The van der Waals surface area contributed by atoms with Crippen LogP contribution in [0.3, 0.4) is 0 Å². The van der Waals surface area contributed by atoms with Crippen LogP contribution in [-0.2, 0) is 6.54 Å². The Morgan fingerprint density at radius 3 is 2.86 bits per heavy atom. The number of hydrogen-bond acceptors (Lipinski definition) is 6.